The molecule has 8 heteroatoms. The zero-order chi connectivity index (χ0) is 12.3. The van der Waals surface area contributed by atoms with Crippen LogP contribution in [0.3, 0.4) is 0 Å². The molecule has 2 aromatic heterocycles. The van der Waals surface area contributed by atoms with Gasteiger partial charge in [-0.25, -0.2) is 9.97 Å². The zero-order valence-electron chi connectivity index (χ0n) is 9.03. The van der Waals surface area contributed by atoms with Crippen LogP contribution >= 0.6 is 27.3 Å². The molecule has 0 aliphatic heterocycles. The van der Waals surface area contributed by atoms with Gasteiger partial charge in [0.2, 0.25) is 5.82 Å². The van der Waals surface area contributed by atoms with Crippen LogP contribution in [0.15, 0.2) is 9.98 Å². The van der Waals surface area contributed by atoms with Crippen LogP contribution in [0.2, 0.25) is 0 Å². The molecule has 0 aliphatic rings. The van der Waals surface area contributed by atoms with E-state index in [4.69, 9.17) is 0 Å². The SMILES string of the molecule is CCCc1nc(C(=O)Nc2ncc(Br)s2)n[nH]1. The third kappa shape index (κ3) is 3.10. The van der Waals surface area contributed by atoms with Crippen molar-refractivity contribution in [2.45, 2.75) is 19.8 Å². The van der Waals surface area contributed by atoms with Crippen molar-refractivity contribution < 1.29 is 4.79 Å². The Morgan fingerprint density at radius 2 is 2.47 bits per heavy atom. The largest absolute Gasteiger partial charge is 0.297 e. The van der Waals surface area contributed by atoms with Gasteiger partial charge in [-0.1, -0.05) is 18.3 Å². The van der Waals surface area contributed by atoms with Crippen LogP contribution in [0.25, 0.3) is 0 Å². The Hall–Kier alpha value is -1.28. The molecule has 0 radical (unpaired) electrons. The number of aromatic amines is 1. The number of thiazole rings is 1. The maximum Gasteiger partial charge on any atom is 0.297 e. The Bertz CT molecular complexity index is 523. The van der Waals surface area contributed by atoms with Crippen LogP contribution in [0.1, 0.15) is 29.8 Å². The average Bonchev–Trinajstić information content (AvgIpc) is 2.88. The fourth-order valence-electron chi connectivity index (χ4n) is 1.21. The molecule has 0 aliphatic carbocycles. The van der Waals surface area contributed by atoms with Crippen LogP contribution < -0.4 is 5.32 Å². The number of nitrogens with zero attached hydrogens (tertiary/aromatic N) is 3. The van der Waals surface area contributed by atoms with Crippen molar-refractivity contribution in [2.24, 2.45) is 0 Å². The lowest BCUT2D eigenvalue weighted by Crippen LogP contribution is -2.13. The lowest BCUT2D eigenvalue weighted by atomic mass is 10.3. The van der Waals surface area contributed by atoms with Crippen LogP contribution in [0.4, 0.5) is 5.13 Å². The molecule has 6 nitrogen and oxygen atoms in total. The summed E-state index contributed by atoms with van der Waals surface area (Å²) in [6.07, 6.45) is 3.36. The molecule has 0 spiro atoms. The van der Waals surface area contributed by atoms with E-state index in [1.54, 1.807) is 6.20 Å². The minimum atomic E-state index is -0.356. The predicted molar refractivity (Wildman–Crippen MR) is 68.1 cm³/mol. The monoisotopic (exact) mass is 315 g/mol. The zero-order valence-corrected chi connectivity index (χ0v) is 11.4. The third-order valence-corrected chi connectivity index (χ3v) is 3.31. The van der Waals surface area contributed by atoms with Gasteiger partial charge < -0.3 is 0 Å². The molecule has 17 heavy (non-hydrogen) atoms. The van der Waals surface area contributed by atoms with Crippen LogP contribution in [0.5, 0.6) is 0 Å². The molecule has 2 rings (SSSR count). The molecule has 0 fully saturated rings. The summed E-state index contributed by atoms with van der Waals surface area (Å²) in [5.74, 6) is 0.503. The number of carbonyl (C=O) groups excluding carboxylic acids is 1. The summed E-state index contributed by atoms with van der Waals surface area (Å²) in [7, 11) is 0. The van der Waals surface area contributed by atoms with Gasteiger partial charge in [0.15, 0.2) is 5.13 Å². The smallest absolute Gasteiger partial charge is 0.295 e. The van der Waals surface area contributed by atoms with Crippen molar-refractivity contribution in [3.05, 3.63) is 21.6 Å². The van der Waals surface area contributed by atoms with E-state index in [-0.39, 0.29) is 11.7 Å². The first-order chi connectivity index (χ1) is 8.19. The quantitative estimate of drug-likeness (QED) is 0.906. The highest BCUT2D eigenvalue weighted by molar-refractivity contribution is 9.11. The summed E-state index contributed by atoms with van der Waals surface area (Å²) in [5.41, 5.74) is 0. The van der Waals surface area contributed by atoms with Crippen LogP contribution in [0, 0.1) is 0 Å². The van der Waals surface area contributed by atoms with E-state index in [1.165, 1.54) is 11.3 Å². The molecule has 0 saturated heterocycles. The summed E-state index contributed by atoms with van der Waals surface area (Å²) in [6.45, 7) is 2.04. The molecule has 1 amide bonds. The second kappa shape index (κ2) is 5.37. The number of rotatable bonds is 4. The number of halogens is 1. The molecule has 2 aromatic rings. The highest BCUT2D eigenvalue weighted by Gasteiger charge is 2.13. The van der Waals surface area contributed by atoms with Crippen molar-refractivity contribution in [2.75, 3.05) is 5.32 Å². The molecule has 0 saturated carbocycles. The highest BCUT2D eigenvalue weighted by atomic mass is 79.9. The van der Waals surface area contributed by atoms with Crippen LogP contribution in [-0.4, -0.2) is 26.1 Å². The Morgan fingerprint density at radius 1 is 1.65 bits per heavy atom. The maximum atomic E-state index is 11.7. The molecule has 0 atom stereocenters. The number of aryl methyl sites for hydroxylation is 1. The first kappa shape index (κ1) is 12.2. The Balaban J connectivity index is 2.03. The van der Waals surface area contributed by atoms with Gasteiger partial charge in [0, 0.05) is 6.42 Å². The summed E-state index contributed by atoms with van der Waals surface area (Å²) in [6, 6.07) is 0. The number of hydrogen-bond acceptors (Lipinski definition) is 5. The Kier molecular flexibility index (Phi) is 3.85. The molecule has 2 N–H and O–H groups in total. The minimum absolute atomic E-state index is 0.139. The van der Waals surface area contributed by atoms with E-state index in [0.29, 0.717) is 5.13 Å². The lowest BCUT2D eigenvalue weighted by Gasteiger charge is -1.95. The molecule has 0 unspecified atom stereocenters. The highest BCUT2D eigenvalue weighted by Crippen LogP contribution is 2.23. The molecular formula is C9H10BrN5OS. The van der Waals surface area contributed by atoms with Gasteiger partial charge in [-0.2, -0.15) is 0 Å². The molecule has 90 valence electrons. The Morgan fingerprint density at radius 3 is 3.12 bits per heavy atom. The van der Waals surface area contributed by atoms with Crippen molar-refractivity contribution >= 4 is 38.3 Å². The second-order valence-electron chi connectivity index (χ2n) is 3.28. The normalized spacial score (nSPS) is 10.5. The summed E-state index contributed by atoms with van der Waals surface area (Å²) < 4.78 is 0.856. The van der Waals surface area contributed by atoms with Crippen molar-refractivity contribution in [1.82, 2.24) is 20.2 Å². The van der Waals surface area contributed by atoms with Gasteiger partial charge in [0.1, 0.15) is 5.82 Å². The third-order valence-electron chi connectivity index (χ3n) is 1.92. The summed E-state index contributed by atoms with van der Waals surface area (Å²) in [5, 5.41) is 9.73. The number of amides is 1. The van der Waals surface area contributed by atoms with Crippen LogP contribution in [-0.2, 0) is 6.42 Å². The van der Waals surface area contributed by atoms with Gasteiger partial charge >= 0.3 is 0 Å². The van der Waals surface area contributed by atoms with Crippen molar-refractivity contribution in [1.29, 1.82) is 0 Å². The fourth-order valence-corrected chi connectivity index (χ4v) is 2.31. The van der Waals surface area contributed by atoms with Gasteiger partial charge in [0.25, 0.3) is 5.91 Å². The van der Waals surface area contributed by atoms with E-state index < -0.39 is 0 Å². The minimum Gasteiger partial charge on any atom is -0.295 e. The number of nitrogens with one attached hydrogen (secondary N) is 2. The molecule has 0 aromatic carbocycles. The number of aromatic nitrogens is 4. The predicted octanol–water partition coefficient (Wildman–Crippen LogP) is 2.23. The topological polar surface area (TPSA) is 83.6 Å². The molecule has 2 heterocycles. The number of H-pyrrole nitrogens is 1. The average molecular weight is 316 g/mol. The van der Waals surface area contributed by atoms with E-state index in [9.17, 15) is 4.79 Å². The number of carbonyl (C=O) groups is 1. The van der Waals surface area contributed by atoms with Crippen molar-refractivity contribution in [3.63, 3.8) is 0 Å². The van der Waals surface area contributed by atoms with E-state index in [2.05, 4.69) is 41.4 Å². The standard InChI is InChI=1S/C9H10BrN5OS/c1-2-3-6-12-7(15-14-6)8(16)13-9-11-4-5(10)17-9/h4H,2-3H2,1H3,(H,11,13,16)(H,12,14,15). The van der Waals surface area contributed by atoms with Gasteiger partial charge in [-0.05, 0) is 22.4 Å². The summed E-state index contributed by atoms with van der Waals surface area (Å²) >= 11 is 4.61. The maximum absolute atomic E-state index is 11.7. The van der Waals surface area contributed by atoms with Crippen molar-refractivity contribution in [3.8, 4) is 0 Å². The second-order valence-corrected chi connectivity index (χ2v) is 5.69. The van der Waals surface area contributed by atoms with E-state index in [1.807, 2.05) is 6.92 Å². The lowest BCUT2D eigenvalue weighted by molar-refractivity contribution is 0.101. The van der Waals surface area contributed by atoms with Gasteiger partial charge in [0.05, 0.1) is 9.98 Å². The van der Waals surface area contributed by atoms with E-state index in [0.717, 1.165) is 22.5 Å². The number of anilines is 1. The first-order valence-electron chi connectivity index (χ1n) is 5.03. The summed E-state index contributed by atoms with van der Waals surface area (Å²) in [4.78, 5) is 19.8. The first-order valence-corrected chi connectivity index (χ1v) is 6.64. The van der Waals surface area contributed by atoms with Gasteiger partial charge in [-0.15, -0.1) is 5.10 Å². The Labute approximate surface area is 110 Å². The fraction of sp³-hybridized carbons (Fsp3) is 0.333. The van der Waals surface area contributed by atoms with E-state index >= 15 is 0 Å². The molecule has 0 bridgehead atoms. The number of hydrogen-bond donors (Lipinski definition) is 2. The van der Waals surface area contributed by atoms with Gasteiger partial charge in [-0.3, -0.25) is 15.2 Å². The molecular weight excluding hydrogens is 306 g/mol.